The zero-order valence-electron chi connectivity index (χ0n) is 17.3. The van der Waals surface area contributed by atoms with Gasteiger partial charge in [0.2, 0.25) is 5.91 Å². The van der Waals surface area contributed by atoms with E-state index in [2.05, 4.69) is 15.6 Å². The summed E-state index contributed by atoms with van der Waals surface area (Å²) >= 11 is 0. The Morgan fingerprint density at radius 2 is 1.73 bits per heavy atom. The highest BCUT2D eigenvalue weighted by atomic mass is 16.5. The molecule has 3 rings (SSSR count). The van der Waals surface area contributed by atoms with Gasteiger partial charge in [0.05, 0.1) is 25.0 Å². The first-order valence-corrected chi connectivity index (χ1v) is 9.85. The summed E-state index contributed by atoms with van der Waals surface area (Å²) in [5, 5.41) is 5.54. The Labute approximate surface area is 176 Å². The van der Waals surface area contributed by atoms with Crippen molar-refractivity contribution >= 4 is 11.8 Å². The normalized spacial score (nSPS) is 11.7. The van der Waals surface area contributed by atoms with Crippen LogP contribution in [-0.4, -0.2) is 34.0 Å². The van der Waals surface area contributed by atoms with Gasteiger partial charge in [-0.3, -0.25) is 9.59 Å². The number of carbonyl (C=O) groups is 2. The van der Waals surface area contributed by atoms with E-state index >= 15 is 0 Å². The summed E-state index contributed by atoms with van der Waals surface area (Å²) < 4.78 is 7.47. The van der Waals surface area contributed by atoms with Crippen molar-refractivity contribution in [3.05, 3.63) is 78.4 Å². The number of benzene rings is 2. The van der Waals surface area contributed by atoms with Gasteiger partial charge in [-0.15, -0.1) is 0 Å². The number of carbonyl (C=O) groups excluding carboxylic acids is 2. The molecule has 0 aliphatic rings. The molecule has 7 nitrogen and oxygen atoms in total. The van der Waals surface area contributed by atoms with Crippen molar-refractivity contribution in [3.63, 3.8) is 0 Å². The summed E-state index contributed by atoms with van der Waals surface area (Å²) in [6.07, 6.45) is 5.39. The zero-order chi connectivity index (χ0) is 21.5. The van der Waals surface area contributed by atoms with Crippen LogP contribution in [0, 0.1) is 0 Å². The van der Waals surface area contributed by atoms with Crippen LogP contribution in [0.15, 0.2) is 67.3 Å². The molecule has 1 aromatic heterocycles. The smallest absolute Gasteiger partial charge is 0.251 e. The summed E-state index contributed by atoms with van der Waals surface area (Å²) in [6, 6.07) is 14.5. The molecule has 3 aromatic rings. The standard InChI is InChI=1S/C23H26N4O3/c1-16(2)30-21-10-6-19(7-11-21)23(29)25-14-22(28)26-17(3)18-4-8-20(9-5-18)27-13-12-24-15-27/h4-13,15-17H,14H2,1-3H3,(H,25,29)(H,26,28). The number of ether oxygens (including phenoxy) is 1. The van der Waals surface area contributed by atoms with E-state index in [4.69, 9.17) is 4.74 Å². The number of hydrogen-bond acceptors (Lipinski definition) is 4. The fraction of sp³-hybridized carbons (Fsp3) is 0.261. The molecule has 0 saturated heterocycles. The van der Waals surface area contributed by atoms with Crippen molar-refractivity contribution in [3.8, 4) is 11.4 Å². The van der Waals surface area contributed by atoms with Gasteiger partial charge in [0.1, 0.15) is 5.75 Å². The molecule has 1 heterocycles. The summed E-state index contributed by atoms with van der Waals surface area (Å²) in [5.74, 6) is 0.139. The topological polar surface area (TPSA) is 85.2 Å². The zero-order valence-corrected chi connectivity index (χ0v) is 17.3. The molecule has 0 radical (unpaired) electrons. The molecule has 0 fully saturated rings. The van der Waals surface area contributed by atoms with E-state index < -0.39 is 0 Å². The molecule has 2 amide bonds. The van der Waals surface area contributed by atoms with Gasteiger partial charge < -0.3 is 19.9 Å². The molecule has 1 unspecified atom stereocenters. The van der Waals surface area contributed by atoms with Crippen LogP contribution in [0.4, 0.5) is 0 Å². The molecule has 0 aliphatic carbocycles. The van der Waals surface area contributed by atoms with E-state index in [9.17, 15) is 9.59 Å². The molecule has 156 valence electrons. The van der Waals surface area contributed by atoms with Gasteiger partial charge >= 0.3 is 0 Å². The van der Waals surface area contributed by atoms with Crippen LogP contribution in [0.25, 0.3) is 5.69 Å². The maximum absolute atomic E-state index is 12.2. The monoisotopic (exact) mass is 406 g/mol. The molecule has 7 heteroatoms. The van der Waals surface area contributed by atoms with Crippen molar-refractivity contribution in [2.45, 2.75) is 32.9 Å². The molecule has 0 spiro atoms. The van der Waals surface area contributed by atoms with Gasteiger partial charge in [-0.05, 0) is 62.7 Å². The third kappa shape index (κ3) is 5.70. The van der Waals surface area contributed by atoms with Crippen molar-refractivity contribution < 1.29 is 14.3 Å². The minimum atomic E-state index is -0.307. The Bertz CT molecular complexity index is 965. The highest BCUT2D eigenvalue weighted by molar-refractivity contribution is 5.96. The second-order valence-electron chi connectivity index (χ2n) is 7.22. The molecular weight excluding hydrogens is 380 g/mol. The number of rotatable bonds is 8. The average Bonchev–Trinajstić information content (AvgIpc) is 3.27. The Hall–Kier alpha value is -3.61. The minimum absolute atomic E-state index is 0.0671. The molecule has 1 atom stereocenters. The van der Waals surface area contributed by atoms with Crippen LogP contribution in [0.1, 0.15) is 42.7 Å². The van der Waals surface area contributed by atoms with Gasteiger partial charge in [0.15, 0.2) is 0 Å². The van der Waals surface area contributed by atoms with E-state index in [0.717, 1.165) is 11.3 Å². The lowest BCUT2D eigenvalue weighted by Crippen LogP contribution is -2.38. The molecular formula is C23H26N4O3. The van der Waals surface area contributed by atoms with E-state index in [1.54, 1.807) is 36.8 Å². The summed E-state index contributed by atoms with van der Waals surface area (Å²) in [6.45, 7) is 5.68. The fourth-order valence-electron chi connectivity index (χ4n) is 2.94. The molecule has 2 aromatic carbocycles. The van der Waals surface area contributed by atoms with E-state index in [-0.39, 0.29) is 30.5 Å². The van der Waals surface area contributed by atoms with Crippen molar-refractivity contribution in [2.24, 2.45) is 0 Å². The number of hydrogen-bond donors (Lipinski definition) is 2. The fourth-order valence-corrected chi connectivity index (χ4v) is 2.94. The van der Waals surface area contributed by atoms with Gasteiger partial charge in [0.25, 0.3) is 5.91 Å². The number of nitrogens with zero attached hydrogens (tertiary/aromatic N) is 2. The van der Waals surface area contributed by atoms with Gasteiger partial charge in [-0.1, -0.05) is 12.1 Å². The van der Waals surface area contributed by atoms with Gasteiger partial charge in [0, 0.05) is 23.6 Å². The first-order valence-electron chi connectivity index (χ1n) is 9.85. The Kier molecular flexibility index (Phi) is 6.85. The summed E-state index contributed by atoms with van der Waals surface area (Å²) in [4.78, 5) is 28.5. The number of amides is 2. The number of imidazole rings is 1. The van der Waals surface area contributed by atoms with Crippen molar-refractivity contribution in [1.82, 2.24) is 20.2 Å². The molecule has 0 aliphatic heterocycles. The Morgan fingerprint density at radius 1 is 1.03 bits per heavy atom. The predicted molar refractivity (Wildman–Crippen MR) is 115 cm³/mol. The maximum atomic E-state index is 12.2. The lowest BCUT2D eigenvalue weighted by atomic mass is 10.1. The van der Waals surface area contributed by atoms with Crippen LogP contribution in [-0.2, 0) is 4.79 Å². The first kappa shape index (κ1) is 21.1. The van der Waals surface area contributed by atoms with Crippen molar-refractivity contribution in [1.29, 1.82) is 0 Å². The van der Waals surface area contributed by atoms with Crippen molar-refractivity contribution in [2.75, 3.05) is 6.54 Å². The molecule has 30 heavy (non-hydrogen) atoms. The highest BCUT2D eigenvalue weighted by Gasteiger charge is 2.12. The average molecular weight is 406 g/mol. The molecule has 0 bridgehead atoms. The maximum Gasteiger partial charge on any atom is 0.251 e. The van der Waals surface area contributed by atoms with Crippen LogP contribution in [0.2, 0.25) is 0 Å². The minimum Gasteiger partial charge on any atom is -0.491 e. The Balaban J connectivity index is 1.48. The second kappa shape index (κ2) is 9.73. The molecule has 2 N–H and O–H groups in total. The van der Waals surface area contributed by atoms with Crippen LogP contribution < -0.4 is 15.4 Å². The van der Waals surface area contributed by atoms with Crippen LogP contribution in [0.5, 0.6) is 5.75 Å². The van der Waals surface area contributed by atoms with Crippen LogP contribution in [0.3, 0.4) is 0 Å². The van der Waals surface area contributed by atoms with Gasteiger partial charge in [-0.2, -0.15) is 0 Å². The number of aromatic nitrogens is 2. The van der Waals surface area contributed by atoms with Gasteiger partial charge in [-0.25, -0.2) is 4.98 Å². The molecule has 0 saturated carbocycles. The quantitative estimate of drug-likeness (QED) is 0.601. The largest absolute Gasteiger partial charge is 0.491 e. The van der Waals surface area contributed by atoms with E-state index in [1.807, 2.05) is 55.8 Å². The first-order chi connectivity index (χ1) is 14.4. The summed E-state index contributed by atoms with van der Waals surface area (Å²) in [5.41, 5.74) is 2.44. The Morgan fingerprint density at radius 3 is 2.33 bits per heavy atom. The van der Waals surface area contributed by atoms with E-state index in [0.29, 0.717) is 11.3 Å². The summed E-state index contributed by atoms with van der Waals surface area (Å²) in [7, 11) is 0. The third-order valence-corrected chi connectivity index (χ3v) is 4.47. The number of nitrogens with one attached hydrogen (secondary N) is 2. The third-order valence-electron chi connectivity index (χ3n) is 4.47. The lowest BCUT2D eigenvalue weighted by Gasteiger charge is -2.15. The predicted octanol–water partition coefficient (Wildman–Crippen LogP) is 3.27. The van der Waals surface area contributed by atoms with Crippen LogP contribution >= 0.6 is 0 Å². The lowest BCUT2D eigenvalue weighted by molar-refractivity contribution is -0.120. The SMILES string of the molecule is CC(C)Oc1ccc(C(=O)NCC(=O)NC(C)c2ccc(-n3ccnc3)cc2)cc1. The highest BCUT2D eigenvalue weighted by Crippen LogP contribution is 2.16. The second-order valence-corrected chi connectivity index (χ2v) is 7.22. The van der Waals surface area contributed by atoms with E-state index in [1.165, 1.54) is 0 Å².